The standard InChI is InChI=1S/C18H24F3NO2S/c1-16(2,9-14-3-5-15(6-4-14)18(19,20)21)10-22-8-7-17(11-22)12-25(23,24)13-17/h3-6H,7-13H2,1-2H3. The van der Waals surface area contributed by atoms with Gasteiger partial charge < -0.3 is 4.90 Å². The Balaban J connectivity index is 1.57. The quantitative estimate of drug-likeness (QED) is 0.810. The van der Waals surface area contributed by atoms with Gasteiger partial charge in [0.2, 0.25) is 0 Å². The molecule has 0 aliphatic carbocycles. The van der Waals surface area contributed by atoms with Crippen LogP contribution in [0, 0.1) is 10.8 Å². The number of halogens is 3. The van der Waals surface area contributed by atoms with Gasteiger partial charge in [-0.1, -0.05) is 26.0 Å². The number of alkyl halides is 3. The summed E-state index contributed by atoms with van der Waals surface area (Å²) in [4.78, 5) is 2.30. The van der Waals surface area contributed by atoms with Gasteiger partial charge in [-0.2, -0.15) is 13.2 Å². The van der Waals surface area contributed by atoms with Gasteiger partial charge in [-0.25, -0.2) is 8.42 Å². The molecule has 0 saturated carbocycles. The first-order valence-electron chi connectivity index (χ1n) is 8.47. The molecule has 1 aromatic rings. The summed E-state index contributed by atoms with van der Waals surface area (Å²) >= 11 is 0. The van der Waals surface area contributed by atoms with Crippen LogP contribution in [0.2, 0.25) is 0 Å². The SMILES string of the molecule is CC(C)(Cc1ccc(C(F)(F)F)cc1)CN1CCC2(C1)CS(=O)(=O)C2. The van der Waals surface area contributed by atoms with Gasteiger partial charge in [-0.3, -0.25) is 0 Å². The van der Waals surface area contributed by atoms with Crippen molar-refractivity contribution in [3.05, 3.63) is 35.4 Å². The fourth-order valence-electron chi connectivity index (χ4n) is 4.31. The molecule has 25 heavy (non-hydrogen) atoms. The van der Waals surface area contributed by atoms with E-state index in [4.69, 9.17) is 0 Å². The van der Waals surface area contributed by atoms with Crippen molar-refractivity contribution in [3.63, 3.8) is 0 Å². The highest BCUT2D eigenvalue weighted by Gasteiger charge is 2.52. The van der Waals surface area contributed by atoms with Gasteiger partial charge in [-0.15, -0.1) is 0 Å². The van der Waals surface area contributed by atoms with Gasteiger partial charge >= 0.3 is 6.18 Å². The zero-order chi connectivity index (χ0) is 18.5. The van der Waals surface area contributed by atoms with Crippen LogP contribution in [0.3, 0.4) is 0 Å². The summed E-state index contributed by atoms with van der Waals surface area (Å²) in [6.07, 6.45) is -2.70. The second-order valence-corrected chi connectivity index (χ2v) is 10.6. The van der Waals surface area contributed by atoms with E-state index >= 15 is 0 Å². The Kier molecular flexibility index (Phi) is 4.47. The normalized spacial score (nSPS) is 22.9. The van der Waals surface area contributed by atoms with Crippen LogP contribution in [-0.4, -0.2) is 44.5 Å². The van der Waals surface area contributed by atoms with Crippen LogP contribution >= 0.6 is 0 Å². The lowest BCUT2D eigenvalue weighted by Crippen LogP contribution is -2.50. The molecule has 0 radical (unpaired) electrons. The predicted molar refractivity (Wildman–Crippen MR) is 91.1 cm³/mol. The van der Waals surface area contributed by atoms with Crippen molar-refractivity contribution in [1.82, 2.24) is 4.90 Å². The van der Waals surface area contributed by atoms with E-state index in [2.05, 4.69) is 18.7 Å². The Morgan fingerprint density at radius 3 is 2.24 bits per heavy atom. The van der Waals surface area contributed by atoms with Crippen molar-refractivity contribution < 1.29 is 21.6 Å². The van der Waals surface area contributed by atoms with Gasteiger partial charge in [0.1, 0.15) is 0 Å². The minimum absolute atomic E-state index is 0.0523. The van der Waals surface area contributed by atoms with E-state index in [1.54, 1.807) is 12.1 Å². The number of hydrogen-bond acceptors (Lipinski definition) is 3. The van der Waals surface area contributed by atoms with Crippen LogP contribution in [0.15, 0.2) is 24.3 Å². The minimum Gasteiger partial charge on any atom is -0.302 e. The molecule has 0 N–H and O–H groups in total. The number of sulfone groups is 1. The molecule has 7 heteroatoms. The van der Waals surface area contributed by atoms with Crippen LogP contribution in [-0.2, 0) is 22.4 Å². The monoisotopic (exact) mass is 375 g/mol. The van der Waals surface area contributed by atoms with Crippen molar-refractivity contribution in [2.75, 3.05) is 31.1 Å². The van der Waals surface area contributed by atoms with Gasteiger partial charge in [-0.05, 0) is 42.5 Å². The molecule has 1 aromatic carbocycles. The molecule has 0 amide bonds. The zero-order valence-electron chi connectivity index (χ0n) is 14.6. The van der Waals surface area contributed by atoms with E-state index in [1.807, 2.05) is 0 Å². The molecule has 2 aliphatic heterocycles. The van der Waals surface area contributed by atoms with Crippen molar-refractivity contribution in [2.45, 2.75) is 32.9 Å². The molecule has 0 bridgehead atoms. The third kappa shape index (κ3) is 4.37. The molecule has 0 aromatic heterocycles. The molecule has 2 heterocycles. The number of hydrogen-bond donors (Lipinski definition) is 0. The first kappa shape index (κ1) is 18.7. The smallest absolute Gasteiger partial charge is 0.302 e. The third-order valence-electron chi connectivity index (χ3n) is 5.19. The van der Waals surface area contributed by atoms with Gasteiger partial charge in [0.15, 0.2) is 9.84 Å². The molecular formula is C18H24F3NO2S. The molecule has 0 atom stereocenters. The summed E-state index contributed by atoms with van der Waals surface area (Å²) in [5.41, 5.74) is 0.122. The Hall–Kier alpha value is -1.08. The fraction of sp³-hybridized carbons (Fsp3) is 0.667. The van der Waals surface area contributed by atoms with Crippen molar-refractivity contribution >= 4 is 9.84 Å². The molecule has 0 unspecified atom stereocenters. The van der Waals surface area contributed by atoms with Crippen molar-refractivity contribution in [2.24, 2.45) is 10.8 Å². The first-order valence-corrected chi connectivity index (χ1v) is 10.3. The van der Waals surface area contributed by atoms with Crippen LogP contribution in [0.1, 0.15) is 31.4 Å². The maximum Gasteiger partial charge on any atom is 0.416 e. The molecule has 3 rings (SSSR count). The average Bonchev–Trinajstić information content (AvgIpc) is 2.78. The lowest BCUT2D eigenvalue weighted by atomic mass is 9.85. The topological polar surface area (TPSA) is 37.4 Å². The van der Waals surface area contributed by atoms with E-state index in [1.165, 1.54) is 0 Å². The second-order valence-electron chi connectivity index (χ2n) is 8.53. The Labute approximate surface area is 147 Å². The fourth-order valence-corrected chi connectivity index (χ4v) is 6.57. The Morgan fingerprint density at radius 2 is 1.72 bits per heavy atom. The van der Waals surface area contributed by atoms with E-state index in [0.717, 1.165) is 43.8 Å². The van der Waals surface area contributed by atoms with Crippen LogP contribution in [0.4, 0.5) is 13.2 Å². The Morgan fingerprint density at radius 1 is 1.12 bits per heavy atom. The van der Waals surface area contributed by atoms with E-state index < -0.39 is 21.6 Å². The maximum absolute atomic E-state index is 12.6. The molecular weight excluding hydrogens is 351 g/mol. The lowest BCUT2D eigenvalue weighted by Gasteiger charge is -2.38. The highest BCUT2D eigenvalue weighted by atomic mass is 32.2. The number of likely N-dealkylation sites (tertiary alicyclic amines) is 1. The first-order chi connectivity index (χ1) is 11.4. The summed E-state index contributed by atoms with van der Waals surface area (Å²) < 4.78 is 60.9. The number of benzene rings is 1. The van der Waals surface area contributed by atoms with E-state index in [-0.39, 0.29) is 10.8 Å². The third-order valence-corrected chi connectivity index (χ3v) is 7.29. The summed E-state index contributed by atoms with van der Waals surface area (Å²) in [6.45, 7) is 6.73. The van der Waals surface area contributed by atoms with Crippen molar-refractivity contribution in [1.29, 1.82) is 0 Å². The zero-order valence-corrected chi connectivity index (χ0v) is 15.4. The van der Waals surface area contributed by atoms with Crippen molar-refractivity contribution in [3.8, 4) is 0 Å². The highest BCUT2D eigenvalue weighted by molar-refractivity contribution is 7.92. The van der Waals surface area contributed by atoms with Crippen LogP contribution < -0.4 is 0 Å². The Bertz CT molecular complexity index is 727. The number of nitrogens with zero attached hydrogens (tertiary/aromatic N) is 1. The molecule has 2 fully saturated rings. The molecule has 2 aliphatic rings. The summed E-state index contributed by atoms with van der Waals surface area (Å²) in [5, 5.41) is 0. The predicted octanol–water partition coefficient (Wildman–Crippen LogP) is 3.39. The average molecular weight is 375 g/mol. The lowest BCUT2D eigenvalue weighted by molar-refractivity contribution is -0.137. The van der Waals surface area contributed by atoms with Crippen LogP contribution in [0.5, 0.6) is 0 Å². The van der Waals surface area contributed by atoms with Gasteiger partial charge in [0.05, 0.1) is 17.1 Å². The van der Waals surface area contributed by atoms with Gasteiger partial charge in [0.25, 0.3) is 0 Å². The summed E-state index contributed by atoms with van der Waals surface area (Å²) in [5.74, 6) is 0.603. The molecule has 2 saturated heterocycles. The molecule has 1 spiro atoms. The van der Waals surface area contributed by atoms with Crippen LogP contribution in [0.25, 0.3) is 0 Å². The van der Waals surface area contributed by atoms with E-state index in [9.17, 15) is 21.6 Å². The number of rotatable bonds is 4. The van der Waals surface area contributed by atoms with E-state index in [0.29, 0.717) is 17.9 Å². The molecule has 3 nitrogen and oxygen atoms in total. The highest BCUT2D eigenvalue weighted by Crippen LogP contribution is 2.42. The summed E-state index contributed by atoms with van der Waals surface area (Å²) in [7, 11) is -2.82. The van der Waals surface area contributed by atoms with Gasteiger partial charge in [0, 0.05) is 18.5 Å². The summed E-state index contributed by atoms with van der Waals surface area (Å²) in [6, 6.07) is 5.37. The second kappa shape index (κ2) is 5.98. The largest absolute Gasteiger partial charge is 0.416 e. The maximum atomic E-state index is 12.6. The minimum atomic E-state index is -4.30. The molecule has 140 valence electrons.